The third kappa shape index (κ3) is 1.82. The van der Waals surface area contributed by atoms with E-state index in [0.29, 0.717) is 5.41 Å². The summed E-state index contributed by atoms with van der Waals surface area (Å²) in [6.07, 6.45) is 5.53. The third-order valence-electron chi connectivity index (χ3n) is 3.68. The van der Waals surface area contributed by atoms with Crippen LogP contribution < -0.4 is 5.73 Å². The first-order valence-corrected chi connectivity index (χ1v) is 5.30. The number of nitrogens with two attached hydrogens (primary N) is 1. The molecule has 1 aliphatic rings. The van der Waals surface area contributed by atoms with Crippen LogP contribution in [0.1, 0.15) is 46.5 Å². The Labute approximate surface area is 76.7 Å². The minimum absolute atomic E-state index is 0.437. The van der Waals surface area contributed by atoms with E-state index < -0.39 is 0 Å². The van der Waals surface area contributed by atoms with Crippen molar-refractivity contribution in [3.8, 4) is 0 Å². The highest BCUT2D eigenvalue weighted by atomic mass is 14.6. The van der Waals surface area contributed by atoms with E-state index in [4.69, 9.17) is 5.73 Å². The molecule has 1 saturated carbocycles. The van der Waals surface area contributed by atoms with Crippen LogP contribution in [0, 0.1) is 17.3 Å². The Bertz CT molecular complexity index is 142. The van der Waals surface area contributed by atoms with Crippen LogP contribution in [0.25, 0.3) is 0 Å². The zero-order chi connectivity index (χ0) is 9.19. The fraction of sp³-hybridized carbons (Fsp3) is 1.00. The van der Waals surface area contributed by atoms with Crippen LogP contribution in [-0.4, -0.2) is 6.54 Å². The molecule has 0 spiro atoms. The van der Waals surface area contributed by atoms with Gasteiger partial charge in [0.15, 0.2) is 0 Å². The molecule has 2 unspecified atom stereocenters. The van der Waals surface area contributed by atoms with E-state index in [-0.39, 0.29) is 0 Å². The Morgan fingerprint density at radius 1 is 1.42 bits per heavy atom. The SMILES string of the molecule is CC(C)C1CCCCC1(C)CN. The van der Waals surface area contributed by atoms with Crippen LogP contribution in [0.5, 0.6) is 0 Å². The van der Waals surface area contributed by atoms with Crippen molar-refractivity contribution < 1.29 is 0 Å². The van der Waals surface area contributed by atoms with E-state index in [0.717, 1.165) is 18.4 Å². The molecular formula is C11H23N. The Balaban J connectivity index is 2.66. The minimum Gasteiger partial charge on any atom is -0.330 e. The third-order valence-corrected chi connectivity index (χ3v) is 3.68. The van der Waals surface area contributed by atoms with E-state index in [1.54, 1.807) is 0 Å². The zero-order valence-corrected chi connectivity index (χ0v) is 8.77. The van der Waals surface area contributed by atoms with Crippen molar-refractivity contribution in [2.24, 2.45) is 23.0 Å². The van der Waals surface area contributed by atoms with Gasteiger partial charge >= 0.3 is 0 Å². The van der Waals surface area contributed by atoms with Crippen LogP contribution in [0.2, 0.25) is 0 Å². The number of rotatable bonds is 2. The van der Waals surface area contributed by atoms with Gasteiger partial charge in [-0.15, -0.1) is 0 Å². The lowest BCUT2D eigenvalue weighted by Crippen LogP contribution is -2.40. The summed E-state index contributed by atoms with van der Waals surface area (Å²) in [5.74, 6) is 1.66. The Morgan fingerprint density at radius 3 is 2.50 bits per heavy atom. The molecule has 0 heterocycles. The van der Waals surface area contributed by atoms with Crippen LogP contribution in [0.3, 0.4) is 0 Å². The van der Waals surface area contributed by atoms with Crippen LogP contribution in [0.15, 0.2) is 0 Å². The van der Waals surface area contributed by atoms with Gasteiger partial charge in [0, 0.05) is 0 Å². The topological polar surface area (TPSA) is 26.0 Å². The lowest BCUT2D eigenvalue weighted by molar-refractivity contribution is 0.0850. The molecule has 2 atom stereocenters. The molecular weight excluding hydrogens is 146 g/mol. The molecule has 0 aromatic carbocycles. The normalized spacial score (nSPS) is 37.2. The lowest BCUT2D eigenvalue weighted by atomic mass is 9.63. The van der Waals surface area contributed by atoms with Gasteiger partial charge in [-0.1, -0.05) is 33.6 Å². The summed E-state index contributed by atoms with van der Waals surface area (Å²) in [5, 5.41) is 0. The van der Waals surface area contributed by atoms with Crippen LogP contribution in [-0.2, 0) is 0 Å². The highest BCUT2D eigenvalue weighted by molar-refractivity contribution is 4.88. The number of hydrogen-bond acceptors (Lipinski definition) is 1. The maximum absolute atomic E-state index is 5.87. The zero-order valence-electron chi connectivity index (χ0n) is 8.77. The van der Waals surface area contributed by atoms with Crippen LogP contribution in [0.4, 0.5) is 0 Å². The smallest absolute Gasteiger partial charge is 0.00204 e. The van der Waals surface area contributed by atoms with Gasteiger partial charge in [-0.2, -0.15) is 0 Å². The molecule has 0 aliphatic heterocycles. The van der Waals surface area contributed by atoms with Gasteiger partial charge in [0.05, 0.1) is 0 Å². The first-order valence-electron chi connectivity index (χ1n) is 5.30. The van der Waals surface area contributed by atoms with E-state index in [1.165, 1.54) is 25.7 Å². The van der Waals surface area contributed by atoms with E-state index >= 15 is 0 Å². The van der Waals surface area contributed by atoms with E-state index in [9.17, 15) is 0 Å². The molecule has 0 aromatic rings. The molecule has 0 bridgehead atoms. The second-order valence-electron chi connectivity index (χ2n) is 4.95. The maximum atomic E-state index is 5.87. The molecule has 0 saturated heterocycles. The molecule has 0 radical (unpaired) electrons. The average Bonchev–Trinajstić information content (AvgIpc) is 2.05. The predicted octanol–water partition coefficient (Wildman–Crippen LogP) is 2.80. The van der Waals surface area contributed by atoms with Crippen molar-refractivity contribution in [1.29, 1.82) is 0 Å². The summed E-state index contributed by atoms with van der Waals surface area (Å²) in [6, 6.07) is 0. The highest BCUT2D eigenvalue weighted by Gasteiger charge is 2.36. The van der Waals surface area contributed by atoms with Gasteiger partial charge in [0.1, 0.15) is 0 Å². The van der Waals surface area contributed by atoms with Gasteiger partial charge < -0.3 is 5.73 Å². The molecule has 0 amide bonds. The predicted molar refractivity (Wildman–Crippen MR) is 54.0 cm³/mol. The van der Waals surface area contributed by atoms with Gasteiger partial charge in [0.2, 0.25) is 0 Å². The van der Waals surface area contributed by atoms with Crippen molar-refractivity contribution in [3.05, 3.63) is 0 Å². The second-order valence-corrected chi connectivity index (χ2v) is 4.95. The lowest BCUT2D eigenvalue weighted by Gasteiger charge is -2.43. The molecule has 1 fully saturated rings. The maximum Gasteiger partial charge on any atom is -0.00204 e. The molecule has 12 heavy (non-hydrogen) atoms. The quantitative estimate of drug-likeness (QED) is 0.676. The number of hydrogen-bond donors (Lipinski definition) is 1. The summed E-state index contributed by atoms with van der Waals surface area (Å²) in [6.45, 7) is 7.92. The fourth-order valence-electron chi connectivity index (χ4n) is 2.82. The molecule has 0 aromatic heterocycles. The summed E-state index contributed by atoms with van der Waals surface area (Å²) < 4.78 is 0. The standard InChI is InChI=1S/C11H23N/c1-9(2)10-6-4-5-7-11(10,3)8-12/h9-10H,4-8,12H2,1-3H3. The van der Waals surface area contributed by atoms with Crippen LogP contribution >= 0.6 is 0 Å². The molecule has 1 aliphatic carbocycles. The monoisotopic (exact) mass is 169 g/mol. The molecule has 2 N–H and O–H groups in total. The summed E-state index contributed by atoms with van der Waals surface area (Å²) >= 11 is 0. The van der Waals surface area contributed by atoms with Gasteiger partial charge in [0.25, 0.3) is 0 Å². The highest BCUT2D eigenvalue weighted by Crippen LogP contribution is 2.43. The first-order chi connectivity index (χ1) is 5.60. The van der Waals surface area contributed by atoms with Gasteiger partial charge in [-0.25, -0.2) is 0 Å². The second kappa shape index (κ2) is 3.78. The van der Waals surface area contributed by atoms with Crippen molar-refractivity contribution in [2.75, 3.05) is 6.54 Å². The van der Waals surface area contributed by atoms with E-state index in [2.05, 4.69) is 20.8 Å². The average molecular weight is 169 g/mol. The van der Waals surface area contributed by atoms with Gasteiger partial charge in [-0.05, 0) is 36.6 Å². The molecule has 72 valence electrons. The minimum atomic E-state index is 0.437. The van der Waals surface area contributed by atoms with E-state index in [1.807, 2.05) is 0 Å². The summed E-state index contributed by atoms with van der Waals surface area (Å²) in [4.78, 5) is 0. The Morgan fingerprint density at radius 2 is 2.08 bits per heavy atom. The molecule has 1 rings (SSSR count). The summed E-state index contributed by atoms with van der Waals surface area (Å²) in [5.41, 5.74) is 6.30. The fourth-order valence-corrected chi connectivity index (χ4v) is 2.82. The van der Waals surface area contributed by atoms with Crippen molar-refractivity contribution >= 4 is 0 Å². The molecule has 1 heteroatoms. The largest absolute Gasteiger partial charge is 0.330 e. The summed E-state index contributed by atoms with van der Waals surface area (Å²) in [7, 11) is 0. The Kier molecular flexibility index (Phi) is 3.16. The van der Waals surface area contributed by atoms with Crippen molar-refractivity contribution in [3.63, 3.8) is 0 Å². The van der Waals surface area contributed by atoms with Crippen molar-refractivity contribution in [2.45, 2.75) is 46.5 Å². The van der Waals surface area contributed by atoms with Gasteiger partial charge in [-0.3, -0.25) is 0 Å². The molecule has 1 nitrogen and oxygen atoms in total. The Hall–Kier alpha value is -0.0400. The first kappa shape index (κ1) is 10.0. The van der Waals surface area contributed by atoms with Crippen molar-refractivity contribution in [1.82, 2.24) is 0 Å².